The molecule has 0 spiro atoms. The number of rotatable bonds is 7. The predicted molar refractivity (Wildman–Crippen MR) is 109 cm³/mol. The van der Waals surface area contributed by atoms with E-state index in [1.165, 1.54) is 5.56 Å². The number of pyridine rings is 1. The summed E-state index contributed by atoms with van der Waals surface area (Å²) in [6.07, 6.45) is 5.28. The average molecular weight is 376 g/mol. The third-order valence-corrected chi connectivity index (χ3v) is 4.89. The van der Waals surface area contributed by atoms with Gasteiger partial charge in [-0.1, -0.05) is 30.3 Å². The molecule has 2 aromatic heterocycles. The van der Waals surface area contributed by atoms with E-state index in [-0.39, 0.29) is 5.56 Å². The summed E-state index contributed by atoms with van der Waals surface area (Å²) in [5.41, 5.74) is 2.79. The molecular weight excluding hydrogens is 352 g/mol. The Morgan fingerprint density at radius 2 is 1.86 bits per heavy atom. The lowest BCUT2D eigenvalue weighted by Gasteiger charge is -2.31. The van der Waals surface area contributed by atoms with Crippen molar-refractivity contribution in [3.8, 4) is 11.3 Å². The molecule has 3 heterocycles. The fourth-order valence-electron chi connectivity index (χ4n) is 3.47. The van der Waals surface area contributed by atoms with Gasteiger partial charge >= 0.3 is 0 Å². The molecule has 6 nitrogen and oxygen atoms in total. The van der Waals surface area contributed by atoms with Crippen LogP contribution in [0.5, 0.6) is 0 Å². The van der Waals surface area contributed by atoms with E-state index in [1.54, 1.807) is 23.0 Å². The fourth-order valence-corrected chi connectivity index (χ4v) is 3.47. The molecule has 28 heavy (non-hydrogen) atoms. The third-order valence-electron chi connectivity index (χ3n) is 4.89. The third kappa shape index (κ3) is 4.28. The number of nitrogens with zero attached hydrogens (tertiary/aromatic N) is 4. The highest BCUT2D eigenvalue weighted by Crippen LogP contribution is 2.21. The summed E-state index contributed by atoms with van der Waals surface area (Å²) < 4.78 is 7.57. The largest absolute Gasteiger partial charge is 0.377 e. The van der Waals surface area contributed by atoms with Gasteiger partial charge in [0.05, 0.1) is 12.3 Å². The van der Waals surface area contributed by atoms with Crippen LogP contribution < -0.4 is 10.5 Å². The molecule has 6 heteroatoms. The number of fused-ring (bicyclic) bond motifs is 1. The van der Waals surface area contributed by atoms with Crippen LogP contribution in [0.3, 0.4) is 0 Å². The predicted octanol–water partition coefficient (Wildman–Crippen LogP) is 3.12. The minimum Gasteiger partial charge on any atom is -0.377 e. The lowest BCUT2D eigenvalue weighted by molar-refractivity contribution is 0.119. The number of benzene rings is 1. The Hall–Kier alpha value is -2.99. The number of anilines is 1. The molecule has 0 saturated carbocycles. The molecule has 0 radical (unpaired) electrons. The highest BCUT2D eigenvalue weighted by molar-refractivity contribution is 5.59. The van der Waals surface area contributed by atoms with Crippen molar-refractivity contribution < 1.29 is 4.74 Å². The van der Waals surface area contributed by atoms with Crippen molar-refractivity contribution in [1.82, 2.24) is 14.5 Å². The molecule has 0 unspecified atom stereocenters. The van der Waals surface area contributed by atoms with E-state index in [1.807, 2.05) is 30.3 Å². The van der Waals surface area contributed by atoms with E-state index in [4.69, 9.17) is 9.72 Å². The maximum absolute atomic E-state index is 12.6. The maximum atomic E-state index is 12.6. The molecule has 1 aromatic carbocycles. The molecule has 144 valence electrons. The summed E-state index contributed by atoms with van der Waals surface area (Å²) in [6, 6.07) is 15.6. The van der Waals surface area contributed by atoms with Crippen molar-refractivity contribution in [1.29, 1.82) is 0 Å². The summed E-state index contributed by atoms with van der Waals surface area (Å²) >= 11 is 0. The van der Waals surface area contributed by atoms with Crippen molar-refractivity contribution in [2.45, 2.75) is 26.0 Å². The van der Waals surface area contributed by atoms with E-state index in [9.17, 15) is 4.79 Å². The summed E-state index contributed by atoms with van der Waals surface area (Å²) in [4.78, 5) is 23.6. The fraction of sp³-hybridized carbons (Fsp3) is 0.318. The van der Waals surface area contributed by atoms with Gasteiger partial charge in [-0.05, 0) is 30.5 Å². The average Bonchev–Trinajstić information content (AvgIpc) is 2.75. The minimum atomic E-state index is 0.00170. The van der Waals surface area contributed by atoms with Crippen LogP contribution in [0, 0.1) is 0 Å². The van der Waals surface area contributed by atoms with Crippen LogP contribution in [0.4, 0.5) is 5.95 Å². The van der Waals surface area contributed by atoms with Gasteiger partial charge in [-0.15, -0.1) is 0 Å². The van der Waals surface area contributed by atoms with Gasteiger partial charge in [-0.3, -0.25) is 14.3 Å². The van der Waals surface area contributed by atoms with Crippen LogP contribution in [0.2, 0.25) is 0 Å². The monoisotopic (exact) mass is 376 g/mol. The van der Waals surface area contributed by atoms with Crippen LogP contribution in [0.15, 0.2) is 65.7 Å². The zero-order valence-corrected chi connectivity index (χ0v) is 15.8. The SMILES string of the molecule is O=c1cc(-c2ccncc2)nc2n1CCCN2CCCOCc1ccccc1. The zero-order chi connectivity index (χ0) is 19.2. The minimum absolute atomic E-state index is 0.00170. The van der Waals surface area contributed by atoms with E-state index in [0.29, 0.717) is 18.9 Å². The van der Waals surface area contributed by atoms with E-state index < -0.39 is 0 Å². The summed E-state index contributed by atoms with van der Waals surface area (Å²) in [7, 11) is 0. The molecule has 0 fully saturated rings. The molecule has 0 saturated heterocycles. The lowest BCUT2D eigenvalue weighted by atomic mass is 10.2. The Morgan fingerprint density at radius 3 is 2.68 bits per heavy atom. The van der Waals surface area contributed by atoms with Gasteiger partial charge in [0.2, 0.25) is 5.95 Å². The first kappa shape index (κ1) is 18.4. The van der Waals surface area contributed by atoms with Gasteiger partial charge in [0.1, 0.15) is 0 Å². The summed E-state index contributed by atoms with van der Waals surface area (Å²) in [5, 5.41) is 0. The molecule has 0 bridgehead atoms. The van der Waals surface area contributed by atoms with Gasteiger partial charge in [-0.25, -0.2) is 4.98 Å². The Kier molecular flexibility index (Phi) is 5.77. The molecular formula is C22H24N4O2. The van der Waals surface area contributed by atoms with Gasteiger partial charge < -0.3 is 9.64 Å². The van der Waals surface area contributed by atoms with Crippen molar-refractivity contribution >= 4 is 5.95 Å². The van der Waals surface area contributed by atoms with Crippen LogP contribution in [-0.2, 0) is 17.9 Å². The molecule has 4 rings (SSSR count). The first-order valence-electron chi connectivity index (χ1n) is 9.70. The molecule has 3 aromatic rings. The smallest absolute Gasteiger partial charge is 0.255 e. The number of ether oxygens (including phenoxy) is 1. The maximum Gasteiger partial charge on any atom is 0.255 e. The molecule has 0 aliphatic carbocycles. The van der Waals surface area contributed by atoms with Crippen LogP contribution in [0.1, 0.15) is 18.4 Å². The quantitative estimate of drug-likeness (QED) is 0.593. The van der Waals surface area contributed by atoms with Crippen LogP contribution in [-0.4, -0.2) is 34.2 Å². The van der Waals surface area contributed by atoms with E-state index in [2.05, 4.69) is 22.0 Å². The molecule has 0 amide bonds. The number of hydrogen-bond acceptors (Lipinski definition) is 5. The van der Waals surface area contributed by atoms with Crippen molar-refractivity contribution in [2.24, 2.45) is 0 Å². The Labute approximate surface area is 164 Å². The second-order valence-corrected chi connectivity index (χ2v) is 6.90. The first-order chi connectivity index (χ1) is 13.8. The van der Waals surface area contributed by atoms with Gasteiger partial charge in [0.15, 0.2) is 0 Å². The van der Waals surface area contributed by atoms with Crippen molar-refractivity contribution in [3.63, 3.8) is 0 Å². The Morgan fingerprint density at radius 1 is 1.04 bits per heavy atom. The van der Waals surface area contributed by atoms with Gasteiger partial charge in [0.25, 0.3) is 5.56 Å². The van der Waals surface area contributed by atoms with Crippen molar-refractivity contribution in [2.75, 3.05) is 24.6 Å². The van der Waals surface area contributed by atoms with Crippen molar-refractivity contribution in [3.05, 3.63) is 76.8 Å². The normalized spacial score (nSPS) is 13.4. The molecule has 1 aliphatic rings. The molecule has 0 N–H and O–H groups in total. The zero-order valence-electron chi connectivity index (χ0n) is 15.8. The topological polar surface area (TPSA) is 60.2 Å². The Balaban J connectivity index is 1.41. The van der Waals surface area contributed by atoms with Gasteiger partial charge in [0, 0.05) is 50.3 Å². The molecule has 0 atom stereocenters. The summed E-state index contributed by atoms with van der Waals surface area (Å²) in [5.74, 6) is 0.758. The second kappa shape index (κ2) is 8.80. The number of hydrogen-bond donors (Lipinski definition) is 0. The standard InChI is InChI=1S/C22H24N4O2/c27-21-16-20(19-8-10-23-11-9-19)24-22-25(12-4-14-26(21)22)13-5-15-28-17-18-6-2-1-3-7-18/h1-3,6-11,16H,4-5,12-15,17H2. The highest BCUT2D eigenvalue weighted by Gasteiger charge is 2.20. The lowest BCUT2D eigenvalue weighted by Crippen LogP contribution is -2.39. The van der Waals surface area contributed by atoms with E-state index >= 15 is 0 Å². The summed E-state index contributed by atoms with van der Waals surface area (Å²) in [6.45, 7) is 3.76. The highest BCUT2D eigenvalue weighted by atomic mass is 16.5. The number of aromatic nitrogens is 3. The Bertz CT molecular complexity index is 957. The second-order valence-electron chi connectivity index (χ2n) is 6.90. The van der Waals surface area contributed by atoms with Crippen LogP contribution in [0.25, 0.3) is 11.3 Å². The van der Waals surface area contributed by atoms with E-state index in [0.717, 1.165) is 44.0 Å². The molecule has 1 aliphatic heterocycles. The first-order valence-corrected chi connectivity index (χ1v) is 9.70. The van der Waals surface area contributed by atoms with Gasteiger partial charge in [-0.2, -0.15) is 0 Å². The van der Waals surface area contributed by atoms with Crippen LogP contribution >= 0.6 is 0 Å².